The highest BCUT2D eigenvalue weighted by atomic mass is 32.2. The second kappa shape index (κ2) is 12.9. The number of aromatic amines is 1. The number of thioether (sulfide) groups is 1. The summed E-state index contributed by atoms with van der Waals surface area (Å²) in [6.45, 7) is 0.862. The number of hydrogen-bond acceptors (Lipinski definition) is 7. The second-order valence-electron chi connectivity index (χ2n) is 7.90. The van der Waals surface area contributed by atoms with Gasteiger partial charge in [-0.25, -0.2) is 24.1 Å². The molecule has 0 aliphatic heterocycles. The number of hydrogen-bond donors (Lipinski definition) is 3. The largest absolute Gasteiger partial charge is 0.338 e. The van der Waals surface area contributed by atoms with E-state index in [1.165, 1.54) is 35.1 Å². The van der Waals surface area contributed by atoms with E-state index in [-0.39, 0.29) is 17.4 Å². The third kappa shape index (κ3) is 7.72. The maximum atomic E-state index is 13.2. The average Bonchev–Trinajstić information content (AvgIpc) is 3.40. The van der Waals surface area contributed by atoms with Crippen molar-refractivity contribution in [1.82, 2.24) is 30.6 Å². The first kappa shape index (κ1) is 25.5. The number of aromatic nitrogens is 4. The fraction of sp³-hybridized carbons (Fsp3) is 0.240. The SMILES string of the molecule is O=C(NCCc1cccs1)NCCc1nc(SCc2ccc(F)cc2)[nH]c(=O)c1Cc1cncnc1. The highest BCUT2D eigenvalue weighted by Gasteiger charge is 2.14. The molecule has 0 spiro atoms. The Kier molecular flexibility index (Phi) is 9.17. The molecule has 0 bridgehead atoms. The minimum absolute atomic E-state index is 0.245. The fourth-order valence-electron chi connectivity index (χ4n) is 3.45. The smallest absolute Gasteiger partial charge is 0.314 e. The van der Waals surface area contributed by atoms with Gasteiger partial charge in [-0.2, -0.15) is 0 Å². The number of H-pyrrole nitrogens is 1. The first-order valence-corrected chi connectivity index (χ1v) is 13.2. The lowest BCUT2D eigenvalue weighted by Gasteiger charge is -2.12. The van der Waals surface area contributed by atoms with E-state index < -0.39 is 0 Å². The van der Waals surface area contributed by atoms with Crippen LogP contribution in [-0.2, 0) is 25.0 Å². The van der Waals surface area contributed by atoms with E-state index in [2.05, 4.69) is 30.6 Å². The number of rotatable bonds is 11. The molecule has 0 atom stereocenters. The van der Waals surface area contributed by atoms with Crippen LogP contribution >= 0.6 is 23.1 Å². The zero-order valence-electron chi connectivity index (χ0n) is 19.4. The quantitative estimate of drug-likeness (QED) is 0.204. The van der Waals surface area contributed by atoms with Crippen molar-refractivity contribution in [2.75, 3.05) is 13.1 Å². The summed E-state index contributed by atoms with van der Waals surface area (Å²) in [6.07, 6.45) is 6.24. The lowest BCUT2D eigenvalue weighted by molar-refractivity contribution is 0.241. The highest BCUT2D eigenvalue weighted by molar-refractivity contribution is 7.98. The molecule has 3 aromatic heterocycles. The number of carbonyl (C=O) groups excluding carboxylic acids is 1. The van der Waals surface area contributed by atoms with Crippen LogP contribution in [0.4, 0.5) is 9.18 Å². The molecule has 11 heteroatoms. The topological polar surface area (TPSA) is 113 Å². The maximum absolute atomic E-state index is 13.2. The molecule has 2 amide bonds. The maximum Gasteiger partial charge on any atom is 0.314 e. The number of benzene rings is 1. The van der Waals surface area contributed by atoms with E-state index in [1.54, 1.807) is 35.9 Å². The van der Waals surface area contributed by atoms with Crippen LogP contribution in [0.25, 0.3) is 0 Å². The Bertz CT molecular complexity index is 1310. The van der Waals surface area contributed by atoms with Gasteiger partial charge in [-0.05, 0) is 41.1 Å². The minimum Gasteiger partial charge on any atom is -0.338 e. The van der Waals surface area contributed by atoms with Crippen LogP contribution in [-0.4, -0.2) is 39.1 Å². The third-order valence-electron chi connectivity index (χ3n) is 5.25. The van der Waals surface area contributed by atoms with E-state index in [4.69, 9.17) is 0 Å². The fourth-order valence-corrected chi connectivity index (χ4v) is 4.99. The Morgan fingerprint density at radius 3 is 2.50 bits per heavy atom. The van der Waals surface area contributed by atoms with Crippen molar-refractivity contribution >= 4 is 29.1 Å². The van der Waals surface area contributed by atoms with E-state index >= 15 is 0 Å². The van der Waals surface area contributed by atoms with Gasteiger partial charge in [0.1, 0.15) is 12.1 Å². The van der Waals surface area contributed by atoms with Gasteiger partial charge in [0.2, 0.25) is 0 Å². The van der Waals surface area contributed by atoms with Crippen molar-refractivity contribution in [3.8, 4) is 0 Å². The van der Waals surface area contributed by atoms with Gasteiger partial charge in [0.15, 0.2) is 5.16 Å². The van der Waals surface area contributed by atoms with E-state index in [9.17, 15) is 14.0 Å². The van der Waals surface area contributed by atoms with Crippen LogP contribution < -0.4 is 16.2 Å². The molecular weight excluding hydrogens is 499 g/mol. The van der Waals surface area contributed by atoms with Crippen molar-refractivity contribution in [3.63, 3.8) is 0 Å². The number of nitrogens with one attached hydrogen (secondary N) is 3. The monoisotopic (exact) mass is 524 g/mol. The van der Waals surface area contributed by atoms with Crippen LogP contribution in [0.3, 0.4) is 0 Å². The van der Waals surface area contributed by atoms with Crippen LogP contribution in [0.1, 0.15) is 27.3 Å². The molecule has 3 N–H and O–H groups in total. The first-order chi connectivity index (χ1) is 17.6. The number of nitrogens with zero attached hydrogens (tertiary/aromatic N) is 3. The summed E-state index contributed by atoms with van der Waals surface area (Å²) in [5, 5.41) is 8.16. The Hall–Kier alpha value is -3.57. The Balaban J connectivity index is 1.40. The second-order valence-corrected chi connectivity index (χ2v) is 9.89. The summed E-state index contributed by atoms with van der Waals surface area (Å²) in [4.78, 5) is 41.9. The van der Waals surface area contributed by atoms with Crippen molar-refractivity contribution in [3.05, 3.63) is 104 Å². The molecule has 4 aromatic rings. The van der Waals surface area contributed by atoms with Gasteiger partial charge >= 0.3 is 6.03 Å². The summed E-state index contributed by atoms with van der Waals surface area (Å²) in [6, 6.07) is 9.96. The Labute approximate surface area is 215 Å². The first-order valence-electron chi connectivity index (χ1n) is 11.3. The molecule has 0 radical (unpaired) electrons. The number of urea groups is 1. The van der Waals surface area contributed by atoms with Gasteiger partial charge in [-0.1, -0.05) is 30.0 Å². The molecule has 0 fully saturated rings. The molecule has 8 nitrogen and oxygen atoms in total. The van der Waals surface area contributed by atoms with E-state index in [0.29, 0.717) is 48.1 Å². The highest BCUT2D eigenvalue weighted by Crippen LogP contribution is 2.20. The van der Waals surface area contributed by atoms with Crippen LogP contribution in [0.15, 0.2) is 70.5 Å². The standard InChI is InChI=1S/C25H25FN6O2S2/c26-19-5-3-17(4-6-19)15-36-25-31-22(21(23(33)32-25)12-18-13-27-16-28-14-18)8-10-30-24(34)29-9-7-20-2-1-11-35-20/h1-6,11,13-14,16H,7-10,12,15H2,(H2,29,30,34)(H,31,32,33). The Morgan fingerprint density at radius 2 is 1.78 bits per heavy atom. The van der Waals surface area contributed by atoms with E-state index in [0.717, 1.165) is 17.5 Å². The number of halogens is 1. The summed E-state index contributed by atoms with van der Waals surface area (Å²) in [7, 11) is 0. The molecular formula is C25H25FN6O2S2. The predicted octanol–water partition coefficient (Wildman–Crippen LogP) is 3.73. The molecule has 0 aliphatic carbocycles. The van der Waals surface area contributed by atoms with Gasteiger partial charge in [0, 0.05) is 54.5 Å². The molecule has 0 saturated carbocycles. The van der Waals surface area contributed by atoms with Gasteiger partial charge in [-0.3, -0.25) is 4.79 Å². The summed E-state index contributed by atoms with van der Waals surface area (Å²) in [5.74, 6) is 0.231. The van der Waals surface area contributed by atoms with E-state index in [1.807, 2.05) is 17.5 Å². The van der Waals surface area contributed by atoms with Gasteiger partial charge in [0.25, 0.3) is 5.56 Å². The lowest BCUT2D eigenvalue weighted by Crippen LogP contribution is -2.38. The zero-order valence-corrected chi connectivity index (χ0v) is 21.0. The molecule has 3 heterocycles. The van der Waals surface area contributed by atoms with Crippen molar-refractivity contribution < 1.29 is 9.18 Å². The average molecular weight is 525 g/mol. The molecule has 0 saturated heterocycles. The summed E-state index contributed by atoms with van der Waals surface area (Å²) < 4.78 is 13.2. The third-order valence-corrected chi connectivity index (χ3v) is 7.13. The van der Waals surface area contributed by atoms with Crippen molar-refractivity contribution in [1.29, 1.82) is 0 Å². The minimum atomic E-state index is -0.296. The van der Waals surface area contributed by atoms with Gasteiger partial charge < -0.3 is 15.6 Å². The zero-order chi connectivity index (χ0) is 25.2. The van der Waals surface area contributed by atoms with Gasteiger partial charge in [0.05, 0.1) is 5.69 Å². The van der Waals surface area contributed by atoms with Crippen molar-refractivity contribution in [2.24, 2.45) is 0 Å². The molecule has 36 heavy (non-hydrogen) atoms. The summed E-state index contributed by atoms with van der Waals surface area (Å²) in [5.41, 5.74) is 2.57. The predicted molar refractivity (Wildman–Crippen MR) is 139 cm³/mol. The van der Waals surface area contributed by atoms with Crippen LogP contribution in [0.5, 0.6) is 0 Å². The number of carbonyl (C=O) groups is 1. The summed E-state index contributed by atoms with van der Waals surface area (Å²) >= 11 is 3.02. The molecule has 4 rings (SSSR count). The van der Waals surface area contributed by atoms with Gasteiger partial charge in [-0.15, -0.1) is 11.3 Å². The van der Waals surface area contributed by atoms with Crippen molar-refractivity contribution in [2.45, 2.75) is 30.2 Å². The van der Waals surface area contributed by atoms with Crippen LogP contribution in [0, 0.1) is 5.82 Å². The molecule has 1 aromatic carbocycles. The lowest BCUT2D eigenvalue weighted by atomic mass is 10.1. The normalized spacial score (nSPS) is 10.8. The Morgan fingerprint density at radius 1 is 1.03 bits per heavy atom. The molecule has 0 aliphatic rings. The number of thiophene rings is 1. The number of amides is 2. The molecule has 186 valence electrons. The van der Waals surface area contributed by atoms with Crippen LogP contribution in [0.2, 0.25) is 0 Å². The molecule has 0 unspecified atom stereocenters.